The van der Waals surface area contributed by atoms with E-state index >= 15 is 0 Å². The number of carboxylic acids is 1. The SMILES string of the molecule is C[C@@H](COC(=O)N1CCC(CC(=O)O)CC1)N(c1cc(F)ccc1F)S(=O)(=O)c1ccc(C(F)(F)F)cc1. The molecule has 14 heteroatoms. The molecule has 2 aromatic carbocycles. The quantitative estimate of drug-likeness (QED) is 0.458. The van der Waals surface area contributed by atoms with Gasteiger partial charge in [0.05, 0.1) is 22.2 Å². The predicted molar refractivity (Wildman–Crippen MR) is 125 cm³/mol. The molecule has 0 spiro atoms. The lowest BCUT2D eigenvalue weighted by Crippen LogP contribution is -2.44. The second-order valence-corrected chi connectivity index (χ2v) is 10.7. The van der Waals surface area contributed by atoms with Gasteiger partial charge in [0, 0.05) is 25.6 Å². The highest BCUT2D eigenvalue weighted by Crippen LogP contribution is 2.33. The van der Waals surface area contributed by atoms with E-state index in [1.807, 2.05) is 0 Å². The number of piperidine rings is 1. The molecule has 0 saturated carbocycles. The molecule has 1 amide bonds. The number of likely N-dealkylation sites (tertiary alicyclic amines) is 1. The van der Waals surface area contributed by atoms with Gasteiger partial charge in [0.15, 0.2) is 0 Å². The van der Waals surface area contributed by atoms with Crippen LogP contribution in [0.4, 0.5) is 32.4 Å². The summed E-state index contributed by atoms with van der Waals surface area (Å²) in [5, 5.41) is 8.91. The van der Waals surface area contributed by atoms with E-state index in [9.17, 15) is 40.0 Å². The summed E-state index contributed by atoms with van der Waals surface area (Å²) in [5.41, 5.74) is -1.82. The summed E-state index contributed by atoms with van der Waals surface area (Å²) in [6, 6.07) is 3.26. The molecule has 208 valence electrons. The van der Waals surface area contributed by atoms with Crippen molar-refractivity contribution in [1.29, 1.82) is 0 Å². The van der Waals surface area contributed by atoms with Crippen LogP contribution >= 0.6 is 0 Å². The number of benzene rings is 2. The number of carbonyl (C=O) groups excluding carboxylic acids is 1. The van der Waals surface area contributed by atoms with Crippen molar-refractivity contribution in [3.8, 4) is 0 Å². The van der Waals surface area contributed by atoms with E-state index in [4.69, 9.17) is 9.84 Å². The summed E-state index contributed by atoms with van der Waals surface area (Å²) < 4.78 is 100. The summed E-state index contributed by atoms with van der Waals surface area (Å²) >= 11 is 0. The zero-order chi connectivity index (χ0) is 28.3. The number of rotatable bonds is 8. The third kappa shape index (κ3) is 6.91. The highest BCUT2D eigenvalue weighted by Gasteiger charge is 2.35. The number of halogens is 5. The first-order chi connectivity index (χ1) is 17.7. The number of alkyl halides is 3. The van der Waals surface area contributed by atoms with Gasteiger partial charge in [-0.1, -0.05) is 0 Å². The van der Waals surface area contributed by atoms with Crippen LogP contribution in [0.1, 0.15) is 31.7 Å². The first-order valence-electron chi connectivity index (χ1n) is 11.5. The van der Waals surface area contributed by atoms with E-state index in [1.165, 1.54) is 11.8 Å². The summed E-state index contributed by atoms with van der Waals surface area (Å²) in [7, 11) is -4.75. The van der Waals surface area contributed by atoms with Crippen LogP contribution in [0.3, 0.4) is 0 Å². The van der Waals surface area contributed by atoms with Crippen molar-refractivity contribution >= 4 is 27.8 Å². The summed E-state index contributed by atoms with van der Waals surface area (Å²) in [6.07, 6.45) is -4.70. The fraction of sp³-hybridized carbons (Fsp3) is 0.417. The molecule has 8 nitrogen and oxygen atoms in total. The van der Waals surface area contributed by atoms with Crippen LogP contribution in [0.25, 0.3) is 0 Å². The highest BCUT2D eigenvalue weighted by molar-refractivity contribution is 7.92. The van der Waals surface area contributed by atoms with Gasteiger partial charge in [-0.3, -0.25) is 9.10 Å². The van der Waals surface area contributed by atoms with Gasteiger partial charge in [0.1, 0.15) is 18.2 Å². The predicted octanol–water partition coefficient (Wildman–Crippen LogP) is 4.89. The van der Waals surface area contributed by atoms with Gasteiger partial charge in [0.2, 0.25) is 0 Å². The number of aliphatic carboxylic acids is 1. The van der Waals surface area contributed by atoms with Gasteiger partial charge in [0.25, 0.3) is 10.0 Å². The Bertz CT molecular complexity index is 1260. The maximum atomic E-state index is 14.7. The van der Waals surface area contributed by atoms with Crippen molar-refractivity contribution < 1.29 is 49.8 Å². The Morgan fingerprint density at radius 3 is 2.26 bits per heavy atom. The minimum atomic E-state index is -4.75. The Hall–Kier alpha value is -3.42. The van der Waals surface area contributed by atoms with Crippen LogP contribution in [0.15, 0.2) is 47.4 Å². The second kappa shape index (κ2) is 11.5. The lowest BCUT2D eigenvalue weighted by atomic mass is 9.94. The van der Waals surface area contributed by atoms with Gasteiger partial charge in [-0.05, 0) is 62.1 Å². The van der Waals surface area contributed by atoms with Crippen LogP contribution in [0, 0.1) is 17.6 Å². The normalized spacial score (nSPS) is 15.7. The molecule has 1 fully saturated rings. The Balaban J connectivity index is 1.82. The number of sulfonamides is 1. The first kappa shape index (κ1) is 29.1. The standard InChI is InChI=1S/C24H25F5N2O6S/c1-15(14-37-23(34)30-10-8-16(9-11-30)12-22(32)33)31(21-13-18(25)4-7-20(21)26)38(35,36)19-5-2-17(3-6-19)24(27,28)29/h2-7,13,15-16H,8-12,14H2,1H3,(H,32,33)/t15-/m0/s1. The van der Waals surface area contributed by atoms with E-state index < -0.39 is 68.7 Å². The van der Waals surface area contributed by atoms with Gasteiger partial charge in [-0.2, -0.15) is 13.2 Å². The molecule has 0 aromatic heterocycles. The monoisotopic (exact) mass is 564 g/mol. The van der Waals surface area contributed by atoms with Crippen molar-refractivity contribution in [3.05, 3.63) is 59.7 Å². The highest BCUT2D eigenvalue weighted by atomic mass is 32.2. The smallest absolute Gasteiger partial charge is 0.416 e. The van der Waals surface area contributed by atoms with E-state index in [2.05, 4.69) is 0 Å². The Kier molecular flexibility index (Phi) is 8.85. The van der Waals surface area contributed by atoms with Gasteiger partial charge < -0.3 is 14.7 Å². The maximum absolute atomic E-state index is 14.7. The van der Waals surface area contributed by atoms with E-state index in [-0.39, 0.29) is 25.4 Å². The maximum Gasteiger partial charge on any atom is 0.416 e. The minimum absolute atomic E-state index is 0.0319. The van der Waals surface area contributed by atoms with E-state index in [1.54, 1.807) is 0 Å². The Labute approximate surface area is 215 Å². The molecule has 1 heterocycles. The third-order valence-electron chi connectivity index (χ3n) is 6.07. The molecule has 38 heavy (non-hydrogen) atoms. The van der Waals surface area contributed by atoms with Crippen LogP contribution in [0.2, 0.25) is 0 Å². The molecule has 1 atom stereocenters. The Morgan fingerprint density at radius 1 is 1.11 bits per heavy atom. The van der Waals surface area contributed by atoms with Crippen LogP contribution in [-0.4, -0.2) is 56.2 Å². The van der Waals surface area contributed by atoms with Crippen molar-refractivity contribution in [2.45, 2.75) is 43.3 Å². The number of nitrogens with zero attached hydrogens (tertiary/aromatic N) is 2. The van der Waals surface area contributed by atoms with Crippen molar-refractivity contribution in [2.75, 3.05) is 24.0 Å². The minimum Gasteiger partial charge on any atom is -0.481 e. The Morgan fingerprint density at radius 2 is 1.71 bits per heavy atom. The molecule has 1 aliphatic heterocycles. The third-order valence-corrected chi connectivity index (χ3v) is 8.01. The molecule has 2 aromatic rings. The number of hydrogen-bond donors (Lipinski definition) is 1. The second-order valence-electron chi connectivity index (χ2n) is 8.87. The van der Waals surface area contributed by atoms with Crippen molar-refractivity contribution in [2.24, 2.45) is 5.92 Å². The molecule has 1 N–H and O–H groups in total. The molecule has 1 aliphatic rings. The molecule has 1 saturated heterocycles. The number of amides is 1. The molecule has 3 rings (SSSR count). The number of anilines is 1. The molecule has 0 bridgehead atoms. The van der Waals surface area contributed by atoms with Crippen LogP contribution in [-0.2, 0) is 25.7 Å². The summed E-state index contributed by atoms with van der Waals surface area (Å²) in [4.78, 5) is 24.1. The lowest BCUT2D eigenvalue weighted by Gasteiger charge is -2.33. The molecular formula is C24H25F5N2O6S. The van der Waals surface area contributed by atoms with Gasteiger partial charge in [-0.25, -0.2) is 22.0 Å². The van der Waals surface area contributed by atoms with E-state index in [0.717, 1.165) is 6.07 Å². The van der Waals surface area contributed by atoms with Crippen LogP contribution < -0.4 is 4.31 Å². The molecule has 0 unspecified atom stereocenters. The average Bonchev–Trinajstić information content (AvgIpc) is 2.84. The van der Waals surface area contributed by atoms with Crippen molar-refractivity contribution in [3.63, 3.8) is 0 Å². The number of hydrogen-bond acceptors (Lipinski definition) is 5. The van der Waals surface area contributed by atoms with E-state index in [0.29, 0.717) is 53.5 Å². The zero-order valence-electron chi connectivity index (χ0n) is 20.1. The molecular weight excluding hydrogens is 539 g/mol. The topological polar surface area (TPSA) is 104 Å². The number of carboxylic acid groups (broad SMARTS) is 1. The molecule has 0 aliphatic carbocycles. The number of carbonyl (C=O) groups is 2. The number of ether oxygens (including phenoxy) is 1. The van der Waals surface area contributed by atoms with Gasteiger partial charge >= 0.3 is 18.2 Å². The fourth-order valence-corrected chi connectivity index (χ4v) is 5.75. The lowest BCUT2D eigenvalue weighted by molar-refractivity contribution is -0.139. The van der Waals surface area contributed by atoms with Crippen molar-refractivity contribution in [1.82, 2.24) is 4.90 Å². The largest absolute Gasteiger partial charge is 0.481 e. The molecule has 0 radical (unpaired) electrons. The zero-order valence-corrected chi connectivity index (χ0v) is 20.9. The summed E-state index contributed by atoms with van der Waals surface area (Å²) in [6.45, 7) is 1.11. The van der Waals surface area contributed by atoms with Crippen LogP contribution in [0.5, 0.6) is 0 Å². The average molecular weight is 565 g/mol. The summed E-state index contributed by atoms with van der Waals surface area (Å²) in [5.74, 6) is -3.14. The first-order valence-corrected chi connectivity index (χ1v) is 12.9. The van der Waals surface area contributed by atoms with Gasteiger partial charge in [-0.15, -0.1) is 0 Å². The fourth-order valence-electron chi connectivity index (χ4n) is 4.11.